The van der Waals surface area contributed by atoms with E-state index in [0.717, 1.165) is 47.5 Å². The lowest BCUT2D eigenvalue weighted by atomic mass is 10.0. The van der Waals surface area contributed by atoms with E-state index in [9.17, 15) is 14.4 Å². The zero-order chi connectivity index (χ0) is 25.0. The fourth-order valence-corrected chi connectivity index (χ4v) is 5.70. The number of hydrogen-bond acceptors (Lipinski definition) is 7. The molecule has 3 aromatic rings. The zero-order valence-electron chi connectivity index (χ0n) is 20.3. The number of piperidine rings is 1. The van der Waals surface area contributed by atoms with Gasteiger partial charge in [0.1, 0.15) is 11.6 Å². The Kier molecular flexibility index (Phi) is 5.48. The van der Waals surface area contributed by atoms with Gasteiger partial charge in [0, 0.05) is 37.2 Å². The molecule has 0 bridgehead atoms. The second kappa shape index (κ2) is 8.70. The van der Waals surface area contributed by atoms with Gasteiger partial charge < -0.3 is 10.6 Å². The number of carbonyl (C=O) groups is 3. The van der Waals surface area contributed by atoms with Gasteiger partial charge in [-0.1, -0.05) is 6.07 Å². The first-order valence-corrected chi connectivity index (χ1v) is 12.6. The van der Waals surface area contributed by atoms with Crippen molar-refractivity contribution in [1.82, 2.24) is 29.9 Å². The lowest BCUT2D eigenvalue weighted by molar-refractivity contribution is -0.136. The Morgan fingerprint density at radius 3 is 2.69 bits per heavy atom. The second-order valence-electron chi connectivity index (χ2n) is 9.82. The van der Waals surface area contributed by atoms with E-state index in [0.29, 0.717) is 36.4 Å². The summed E-state index contributed by atoms with van der Waals surface area (Å²) in [7, 11) is 0. The molecule has 3 N–H and O–H groups in total. The molecule has 10 nitrogen and oxygen atoms in total. The number of hydrogen-bond donors (Lipinski definition) is 2. The predicted octanol–water partition coefficient (Wildman–Crippen LogP) is 2.06. The number of benzene rings is 1. The standard InChI is InChI=1S/C26H29N7O3/c1-2-33-23-17(13-31-9-3-4-10-31)12-19(28-22(23)24(27)30-33)15-5-6-18-16(11-15)14-32(26(18)36)20-7-8-21(34)29-25(20)35/h5-6,11-12,20H,2-4,7-10,13-14H2,1H3,(H2,27,30)(H,29,34,35). The maximum atomic E-state index is 13.1. The van der Waals surface area contributed by atoms with Crippen LogP contribution in [0.3, 0.4) is 0 Å². The molecule has 2 fully saturated rings. The Labute approximate surface area is 208 Å². The van der Waals surface area contributed by atoms with Gasteiger partial charge in [-0.2, -0.15) is 5.10 Å². The molecule has 10 heteroatoms. The summed E-state index contributed by atoms with van der Waals surface area (Å²) < 4.78 is 1.92. The lowest BCUT2D eigenvalue weighted by Crippen LogP contribution is -2.52. The van der Waals surface area contributed by atoms with Gasteiger partial charge in [-0.3, -0.25) is 29.3 Å². The molecule has 5 heterocycles. The third-order valence-corrected chi connectivity index (χ3v) is 7.51. The molecule has 1 unspecified atom stereocenters. The normalized spacial score (nSPS) is 20.4. The second-order valence-corrected chi connectivity index (χ2v) is 9.82. The Morgan fingerprint density at radius 2 is 1.94 bits per heavy atom. The van der Waals surface area contributed by atoms with Crippen LogP contribution in [0.15, 0.2) is 24.3 Å². The summed E-state index contributed by atoms with van der Waals surface area (Å²) in [6.07, 6.45) is 2.99. The molecule has 36 heavy (non-hydrogen) atoms. The Balaban J connectivity index is 1.37. The fraction of sp³-hybridized carbons (Fsp3) is 0.423. The highest BCUT2D eigenvalue weighted by Gasteiger charge is 2.39. The van der Waals surface area contributed by atoms with E-state index in [2.05, 4.69) is 21.4 Å². The molecule has 3 aliphatic rings. The van der Waals surface area contributed by atoms with E-state index in [1.807, 2.05) is 29.8 Å². The number of nitrogen functional groups attached to an aromatic ring is 1. The SMILES string of the molecule is CCn1nc(N)c2nc(-c3ccc4c(c3)CN(C3CCC(=O)NC3=O)C4=O)cc(CN3CCCC3)c21. The third-order valence-electron chi connectivity index (χ3n) is 7.51. The van der Waals surface area contributed by atoms with E-state index in [1.165, 1.54) is 12.8 Å². The molecular formula is C26H29N7O3. The number of nitrogens with one attached hydrogen (secondary N) is 1. The van der Waals surface area contributed by atoms with Crippen molar-refractivity contribution in [2.75, 3.05) is 18.8 Å². The number of imide groups is 1. The third kappa shape index (κ3) is 3.72. The molecule has 3 aliphatic heterocycles. The first-order valence-electron chi connectivity index (χ1n) is 12.6. The van der Waals surface area contributed by atoms with E-state index in [4.69, 9.17) is 10.7 Å². The minimum atomic E-state index is -0.632. The first-order chi connectivity index (χ1) is 17.4. The quantitative estimate of drug-likeness (QED) is 0.528. The number of fused-ring (bicyclic) bond motifs is 2. The molecule has 2 aromatic heterocycles. The number of pyridine rings is 1. The molecular weight excluding hydrogens is 458 g/mol. The number of rotatable bonds is 5. The highest BCUT2D eigenvalue weighted by Crippen LogP contribution is 2.33. The molecule has 0 radical (unpaired) electrons. The van der Waals surface area contributed by atoms with Gasteiger partial charge in [0.2, 0.25) is 11.8 Å². The Hall–Kier alpha value is -3.79. The van der Waals surface area contributed by atoms with Crippen LogP contribution in [0, 0.1) is 0 Å². The monoisotopic (exact) mass is 487 g/mol. The molecule has 2 saturated heterocycles. The van der Waals surface area contributed by atoms with Crippen molar-refractivity contribution in [2.45, 2.75) is 58.3 Å². The van der Waals surface area contributed by atoms with Crippen molar-refractivity contribution in [2.24, 2.45) is 0 Å². The predicted molar refractivity (Wildman–Crippen MR) is 134 cm³/mol. The number of aryl methyl sites for hydroxylation is 1. The number of nitrogens with zero attached hydrogens (tertiary/aromatic N) is 5. The van der Waals surface area contributed by atoms with Gasteiger partial charge >= 0.3 is 0 Å². The average molecular weight is 488 g/mol. The van der Waals surface area contributed by atoms with Crippen LogP contribution in [0.2, 0.25) is 0 Å². The van der Waals surface area contributed by atoms with Gasteiger partial charge in [-0.15, -0.1) is 0 Å². The van der Waals surface area contributed by atoms with Gasteiger partial charge in [0.25, 0.3) is 5.91 Å². The number of nitrogens with two attached hydrogens (primary N) is 1. The van der Waals surface area contributed by atoms with Crippen LogP contribution < -0.4 is 11.1 Å². The average Bonchev–Trinajstić information content (AvgIpc) is 3.57. The van der Waals surface area contributed by atoms with Gasteiger partial charge in [-0.05, 0) is 68.6 Å². The van der Waals surface area contributed by atoms with Crippen molar-refractivity contribution in [3.05, 3.63) is 41.0 Å². The zero-order valence-corrected chi connectivity index (χ0v) is 20.3. The summed E-state index contributed by atoms with van der Waals surface area (Å²) in [5.74, 6) is -0.469. The van der Waals surface area contributed by atoms with Crippen LogP contribution >= 0.6 is 0 Å². The minimum absolute atomic E-state index is 0.183. The molecule has 1 atom stereocenters. The van der Waals surface area contributed by atoms with E-state index < -0.39 is 11.9 Å². The van der Waals surface area contributed by atoms with Crippen LogP contribution in [0.5, 0.6) is 0 Å². The smallest absolute Gasteiger partial charge is 0.255 e. The summed E-state index contributed by atoms with van der Waals surface area (Å²) in [6, 6.07) is 7.17. The fourth-order valence-electron chi connectivity index (χ4n) is 5.70. The van der Waals surface area contributed by atoms with Crippen LogP contribution in [-0.4, -0.2) is 61.4 Å². The summed E-state index contributed by atoms with van der Waals surface area (Å²) in [5, 5.41) is 6.87. The van der Waals surface area contributed by atoms with Crippen LogP contribution in [0.4, 0.5) is 5.82 Å². The van der Waals surface area contributed by atoms with Gasteiger partial charge in [0.15, 0.2) is 5.82 Å². The van der Waals surface area contributed by atoms with Crippen molar-refractivity contribution >= 4 is 34.6 Å². The van der Waals surface area contributed by atoms with Crippen LogP contribution in [-0.2, 0) is 29.2 Å². The number of carbonyl (C=O) groups excluding carboxylic acids is 3. The molecule has 0 aliphatic carbocycles. The van der Waals surface area contributed by atoms with Gasteiger partial charge in [0.05, 0.1) is 11.2 Å². The summed E-state index contributed by atoms with van der Waals surface area (Å²) in [6.45, 7) is 6.04. The topological polar surface area (TPSA) is 126 Å². The Morgan fingerprint density at radius 1 is 1.14 bits per heavy atom. The Bertz CT molecular complexity index is 1410. The molecule has 0 spiro atoms. The summed E-state index contributed by atoms with van der Waals surface area (Å²) in [5.41, 5.74) is 12.2. The number of likely N-dealkylation sites (tertiary alicyclic amines) is 1. The molecule has 0 saturated carbocycles. The maximum Gasteiger partial charge on any atom is 0.255 e. The molecule has 3 amide bonds. The molecule has 1 aromatic carbocycles. The van der Waals surface area contributed by atoms with E-state index in [-0.39, 0.29) is 18.2 Å². The lowest BCUT2D eigenvalue weighted by Gasteiger charge is -2.29. The van der Waals surface area contributed by atoms with Crippen molar-refractivity contribution in [1.29, 1.82) is 0 Å². The van der Waals surface area contributed by atoms with Crippen LogP contribution in [0.1, 0.15) is 54.1 Å². The highest BCUT2D eigenvalue weighted by atomic mass is 16.2. The summed E-state index contributed by atoms with van der Waals surface area (Å²) >= 11 is 0. The minimum Gasteiger partial charge on any atom is -0.380 e. The highest BCUT2D eigenvalue weighted by molar-refractivity contribution is 6.05. The van der Waals surface area contributed by atoms with Crippen LogP contribution in [0.25, 0.3) is 22.3 Å². The number of amides is 3. The van der Waals surface area contributed by atoms with Crippen molar-refractivity contribution in [3.63, 3.8) is 0 Å². The maximum absolute atomic E-state index is 13.1. The summed E-state index contributed by atoms with van der Waals surface area (Å²) in [4.78, 5) is 45.9. The number of aromatic nitrogens is 3. The van der Waals surface area contributed by atoms with E-state index >= 15 is 0 Å². The molecule has 6 rings (SSSR count). The van der Waals surface area contributed by atoms with Crippen molar-refractivity contribution < 1.29 is 14.4 Å². The largest absolute Gasteiger partial charge is 0.380 e. The molecule has 186 valence electrons. The van der Waals surface area contributed by atoms with E-state index in [1.54, 1.807) is 4.90 Å². The number of anilines is 1. The first kappa shape index (κ1) is 22.7. The van der Waals surface area contributed by atoms with Gasteiger partial charge in [-0.25, -0.2) is 4.98 Å². The van der Waals surface area contributed by atoms with Crippen molar-refractivity contribution in [3.8, 4) is 11.3 Å².